The Morgan fingerprint density at radius 3 is 2.23 bits per heavy atom. The molecule has 7 nitrogen and oxygen atoms in total. The maximum atomic E-state index is 12.5. The quantitative estimate of drug-likeness (QED) is 0.434. The fourth-order valence-corrected chi connectivity index (χ4v) is 4.85. The maximum absolute atomic E-state index is 12.5. The normalized spacial score (nSPS) is 19.6. The lowest BCUT2D eigenvalue weighted by Crippen LogP contribution is -2.34. The topological polar surface area (TPSA) is 105 Å². The van der Waals surface area contributed by atoms with E-state index in [1.807, 2.05) is 25.1 Å². The van der Waals surface area contributed by atoms with Gasteiger partial charge in [-0.25, -0.2) is 0 Å². The lowest BCUT2D eigenvalue weighted by Gasteiger charge is -2.26. The van der Waals surface area contributed by atoms with E-state index in [-0.39, 0.29) is 35.4 Å². The third-order valence-corrected chi connectivity index (χ3v) is 7.07. The minimum atomic E-state index is -0.751. The minimum absolute atomic E-state index is 0.0568. The molecule has 2 aromatic rings. The van der Waals surface area contributed by atoms with Gasteiger partial charge in [0.1, 0.15) is 5.75 Å². The average Bonchev–Trinajstić information content (AvgIpc) is 3.67. The lowest BCUT2D eigenvalue weighted by molar-refractivity contribution is -0.143. The summed E-state index contributed by atoms with van der Waals surface area (Å²) in [7, 11) is 0. The molecule has 2 aliphatic rings. The number of carboxylic acid groups (broad SMARTS) is 1. The number of amides is 2. The monoisotopic (exact) mass is 498 g/mol. The van der Waals surface area contributed by atoms with Crippen LogP contribution in [0.25, 0.3) is 0 Å². The van der Waals surface area contributed by atoms with Gasteiger partial charge in [0.05, 0.1) is 22.6 Å². The van der Waals surface area contributed by atoms with E-state index in [1.54, 1.807) is 18.2 Å². The van der Waals surface area contributed by atoms with Crippen LogP contribution in [0.15, 0.2) is 36.4 Å². The van der Waals surface area contributed by atoms with Gasteiger partial charge in [-0.1, -0.05) is 17.7 Å². The Kier molecular flexibility index (Phi) is 7.96. The highest BCUT2D eigenvalue weighted by atomic mass is 35.5. The van der Waals surface area contributed by atoms with Crippen LogP contribution in [-0.4, -0.2) is 42.1 Å². The van der Waals surface area contributed by atoms with E-state index in [0.717, 1.165) is 5.56 Å². The Morgan fingerprint density at radius 2 is 1.63 bits per heavy atom. The molecule has 186 valence electrons. The SMILES string of the molecule is Cc1cc(C(=O)NCCNC(=O)c2ccc(OC3CCC(C(=O)O)CC3)cc2Cl)ccc1C1CC1. The first-order valence-corrected chi connectivity index (χ1v) is 12.6. The molecule has 2 amide bonds. The van der Waals surface area contributed by atoms with Crippen molar-refractivity contribution in [3.05, 3.63) is 63.7 Å². The van der Waals surface area contributed by atoms with E-state index in [0.29, 0.717) is 55.0 Å². The Hall–Kier alpha value is -3.06. The molecule has 0 spiro atoms. The molecular formula is C27H31ClN2O5. The van der Waals surface area contributed by atoms with Crippen LogP contribution in [0.1, 0.15) is 76.3 Å². The summed E-state index contributed by atoms with van der Waals surface area (Å²) in [5.74, 6) is -0.344. The molecule has 2 fully saturated rings. The molecule has 0 aliphatic heterocycles. The van der Waals surface area contributed by atoms with Crippen LogP contribution in [0.5, 0.6) is 5.75 Å². The number of halogens is 1. The van der Waals surface area contributed by atoms with E-state index in [1.165, 1.54) is 18.4 Å². The Labute approximate surface area is 210 Å². The largest absolute Gasteiger partial charge is 0.490 e. The maximum Gasteiger partial charge on any atom is 0.306 e. The van der Waals surface area contributed by atoms with E-state index in [9.17, 15) is 14.4 Å². The number of carbonyl (C=O) groups excluding carboxylic acids is 2. The van der Waals surface area contributed by atoms with Crippen molar-refractivity contribution in [1.29, 1.82) is 0 Å². The first kappa shape index (κ1) is 25.0. The van der Waals surface area contributed by atoms with Crippen molar-refractivity contribution < 1.29 is 24.2 Å². The van der Waals surface area contributed by atoms with Gasteiger partial charge < -0.3 is 20.5 Å². The van der Waals surface area contributed by atoms with Crippen LogP contribution in [0.4, 0.5) is 0 Å². The van der Waals surface area contributed by atoms with Crippen LogP contribution in [-0.2, 0) is 4.79 Å². The highest BCUT2D eigenvalue weighted by molar-refractivity contribution is 6.34. The molecule has 35 heavy (non-hydrogen) atoms. The molecule has 3 N–H and O–H groups in total. The van der Waals surface area contributed by atoms with Crippen molar-refractivity contribution in [2.24, 2.45) is 5.92 Å². The van der Waals surface area contributed by atoms with Crippen molar-refractivity contribution in [2.75, 3.05) is 13.1 Å². The zero-order valence-electron chi connectivity index (χ0n) is 19.8. The Morgan fingerprint density at radius 1 is 0.943 bits per heavy atom. The Bertz CT molecular complexity index is 1110. The fourth-order valence-electron chi connectivity index (χ4n) is 4.59. The van der Waals surface area contributed by atoms with Crippen molar-refractivity contribution in [3.8, 4) is 5.75 Å². The van der Waals surface area contributed by atoms with Gasteiger partial charge in [-0.05, 0) is 92.8 Å². The number of ether oxygens (including phenoxy) is 1. The van der Waals surface area contributed by atoms with Gasteiger partial charge in [-0.15, -0.1) is 0 Å². The zero-order valence-corrected chi connectivity index (χ0v) is 20.6. The molecule has 0 heterocycles. The number of benzene rings is 2. The molecule has 2 aromatic carbocycles. The number of carbonyl (C=O) groups is 3. The summed E-state index contributed by atoms with van der Waals surface area (Å²) in [5, 5.41) is 15.0. The summed E-state index contributed by atoms with van der Waals surface area (Å²) >= 11 is 6.32. The van der Waals surface area contributed by atoms with Crippen molar-refractivity contribution in [3.63, 3.8) is 0 Å². The van der Waals surface area contributed by atoms with Crippen LogP contribution in [0, 0.1) is 12.8 Å². The summed E-state index contributed by atoms with van der Waals surface area (Å²) in [6.45, 7) is 2.60. The van der Waals surface area contributed by atoms with Crippen molar-refractivity contribution in [2.45, 2.75) is 57.5 Å². The fraction of sp³-hybridized carbons (Fsp3) is 0.444. The molecule has 8 heteroatoms. The second-order valence-corrected chi connectivity index (χ2v) is 9.84. The molecule has 0 unspecified atom stereocenters. The van der Waals surface area contributed by atoms with E-state index < -0.39 is 5.97 Å². The summed E-state index contributed by atoms with van der Waals surface area (Å²) in [6, 6.07) is 10.7. The van der Waals surface area contributed by atoms with Gasteiger partial charge in [-0.3, -0.25) is 14.4 Å². The number of hydrogen-bond acceptors (Lipinski definition) is 4. The molecule has 0 saturated heterocycles. The highest BCUT2D eigenvalue weighted by Crippen LogP contribution is 2.41. The smallest absolute Gasteiger partial charge is 0.306 e. The number of hydrogen-bond donors (Lipinski definition) is 3. The van der Waals surface area contributed by atoms with Crippen LogP contribution in [0.3, 0.4) is 0 Å². The molecule has 0 aromatic heterocycles. The van der Waals surface area contributed by atoms with Gasteiger partial charge in [0.25, 0.3) is 11.8 Å². The third kappa shape index (κ3) is 6.54. The van der Waals surface area contributed by atoms with Gasteiger partial charge in [-0.2, -0.15) is 0 Å². The predicted molar refractivity (Wildman–Crippen MR) is 133 cm³/mol. The number of aryl methyl sites for hydroxylation is 1. The van der Waals surface area contributed by atoms with Crippen LogP contribution >= 0.6 is 11.6 Å². The molecular weight excluding hydrogens is 468 g/mol. The van der Waals surface area contributed by atoms with Crippen molar-refractivity contribution in [1.82, 2.24) is 10.6 Å². The molecule has 2 aliphatic carbocycles. The van der Waals surface area contributed by atoms with Gasteiger partial charge in [0, 0.05) is 18.7 Å². The van der Waals surface area contributed by atoms with Gasteiger partial charge in [0.15, 0.2) is 0 Å². The first-order valence-electron chi connectivity index (χ1n) is 12.2. The summed E-state index contributed by atoms with van der Waals surface area (Å²) in [6.07, 6.45) is 4.92. The minimum Gasteiger partial charge on any atom is -0.490 e. The number of rotatable bonds is 9. The average molecular weight is 499 g/mol. The molecule has 0 atom stereocenters. The number of aliphatic carboxylic acids is 1. The second kappa shape index (κ2) is 11.1. The molecule has 4 rings (SSSR count). The number of nitrogens with one attached hydrogen (secondary N) is 2. The van der Waals surface area contributed by atoms with Gasteiger partial charge >= 0.3 is 5.97 Å². The van der Waals surface area contributed by atoms with E-state index in [4.69, 9.17) is 21.4 Å². The predicted octanol–water partition coefficient (Wildman–Crippen LogP) is 4.71. The lowest BCUT2D eigenvalue weighted by atomic mass is 9.87. The van der Waals surface area contributed by atoms with Crippen molar-refractivity contribution >= 4 is 29.4 Å². The number of carboxylic acids is 1. The highest BCUT2D eigenvalue weighted by Gasteiger charge is 2.27. The standard InChI is InChI=1S/C27H31ClN2O5/c1-16-14-19(6-10-22(16)17-2-3-17)25(31)29-12-13-30-26(32)23-11-9-21(15-24(23)28)35-20-7-4-18(5-8-20)27(33)34/h6,9-11,14-15,17-18,20H,2-5,7-8,12-13H2,1H3,(H,29,31)(H,30,32)(H,33,34). The van der Waals surface area contributed by atoms with Gasteiger partial charge in [0.2, 0.25) is 0 Å². The van der Waals surface area contributed by atoms with Crippen LogP contribution < -0.4 is 15.4 Å². The first-order chi connectivity index (χ1) is 16.8. The summed E-state index contributed by atoms with van der Waals surface area (Å²) in [4.78, 5) is 36.0. The third-order valence-electron chi connectivity index (χ3n) is 6.76. The molecule has 0 radical (unpaired) electrons. The van der Waals surface area contributed by atoms with Crippen LogP contribution in [0.2, 0.25) is 5.02 Å². The second-order valence-electron chi connectivity index (χ2n) is 9.43. The summed E-state index contributed by atoms with van der Waals surface area (Å²) in [5.41, 5.74) is 3.41. The Balaban J connectivity index is 1.21. The summed E-state index contributed by atoms with van der Waals surface area (Å²) < 4.78 is 5.94. The molecule has 0 bridgehead atoms. The van der Waals surface area contributed by atoms with E-state index >= 15 is 0 Å². The van der Waals surface area contributed by atoms with E-state index in [2.05, 4.69) is 10.6 Å². The molecule has 2 saturated carbocycles. The zero-order chi connectivity index (χ0) is 24.9.